The summed E-state index contributed by atoms with van der Waals surface area (Å²) >= 11 is 0. The van der Waals surface area contributed by atoms with Gasteiger partial charge in [-0.1, -0.05) is 43.7 Å². The zero-order valence-electron chi connectivity index (χ0n) is 19.3. The van der Waals surface area contributed by atoms with Crippen molar-refractivity contribution in [3.8, 4) is 11.4 Å². The maximum absolute atomic E-state index is 5.03. The van der Waals surface area contributed by atoms with E-state index >= 15 is 0 Å². The van der Waals surface area contributed by atoms with Crippen LogP contribution in [0.15, 0.2) is 30.3 Å². The van der Waals surface area contributed by atoms with E-state index in [9.17, 15) is 0 Å². The molecule has 2 heterocycles. The molecule has 2 aromatic heterocycles. The SMILES string of the molecule is CCCCNc1nc(C)nc2c1nc(-c1ccccc1)n2CCN(C(C)C)C(C)C. The fourth-order valence-electron chi connectivity index (χ4n) is 3.96. The predicted octanol–water partition coefficient (Wildman–Crippen LogP) is 5.13. The highest BCUT2D eigenvalue weighted by atomic mass is 15.2. The van der Waals surface area contributed by atoms with Gasteiger partial charge in [0.25, 0.3) is 0 Å². The molecule has 3 rings (SSSR count). The number of hydrogen-bond acceptors (Lipinski definition) is 5. The summed E-state index contributed by atoms with van der Waals surface area (Å²) in [6.07, 6.45) is 2.25. The molecule has 0 spiro atoms. The minimum atomic E-state index is 0.489. The highest BCUT2D eigenvalue weighted by Crippen LogP contribution is 2.27. The van der Waals surface area contributed by atoms with E-state index < -0.39 is 0 Å². The summed E-state index contributed by atoms with van der Waals surface area (Å²) in [6.45, 7) is 15.9. The zero-order valence-corrected chi connectivity index (χ0v) is 19.3. The van der Waals surface area contributed by atoms with Crippen LogP contribution in [0.5, 0.6) is 0 Å². The Morgan fingerprint density at radius 1 is 1.00 bits per heavy atom. The van der Waals surface area contributed by atoms with Crippen LogP contribution in [0.3, 0.4) is 0 Å². The quantitative estimate of drug-likeness (QED) is 0.471. The molecule has 162 valence electrons. The fourth-order valence-corrected chi connectivity index (χ4v) is 3.96. The summed E-state index contributed by atoms with van der Waals surface area (Å²) in [5.41, 5.74) is 2.87. The highest BCUT2D eigenvalue weighted by molar-refractivity contribution is 5.86. The molecular weight excluding hydrogens is 372 g/mol. The monoisotopic (exact) mass is 408 g/mol. The average Bonchev–Trinajstić information content (AvgIpc) is 3.07. The van der Waals surface area contributed by atoms with Crippen LogP contribution in [-0.2, 0) is 6.54 Å². The van der Waals surface area contributed by atoms with Gasteiger partial charge in [-0.3, -0.25) is 4.90 Å². The van der Waals surface area contributed by atoms with Gasteiger partial charge in [-0.25, -0.2) is 15.0 Å². The number of nitrogens with zero attached hydrogens (tertiary/aromatic N) is 5. The van der Waals surface area contributed by atoms with Crippen LogP contribution in [0.4, 0.5) is 5.82 Å². The van der Waals surface area contributed by atoms with Crippen LogP contribution < -0.4 is 5.32 Å². The molecule has 0 saturated carbocycles. The Morgan fingerprint density at radius 3 is 2.33 bits per heavy atom. The van der Waals surface area contributed by atoms with E-state index in [1.54, 1.807) is 0 Å². The Labute approximate surface area is 180 Å². The molecule has 3 aromatic rings. The summed E-state index contributed by atoms with van der Waals surface area (Å²) in [5, 5.41) is 3.49. The van der Waals surface area contributed by atoms with E-state index in [1.165, 1.54) is 0 Å². The van der Waals surface area contributed by atoms with Crippen molar-refractivity contribution in [3.05, 3.63) is 36.2 Å². The highest BCUT2D eigenvalue weighted by Gasteiger charge is 2.20. The molecule has 0 aliphatic heterocycles. The van der Waals surface area contributed by atoms with Gasteiger partial charge in [-0.2, -0.15) is 0 Å². The molecule has 1 aromatic carbocycles. The predicted molar refractivity (Wildman–Crippen MR) is 126 cm³/mol. The van der Waals surface area contributed by atoms with Gasteiger partial charge in [0.15, 0.2) is 17.0 Å². The van der Waals surface area contributed by atoms with Gasteiger partial charge in [-0.15, -0.1) is 0 Å². The third-order valence-corrected chi connectivity index (χ3v) is 5.47. The number of nitrogens with one attached hydrogen (secondary N) is 1. The van der Waals surface area contributed by atoms with Crippen LogP contribution >= 0.6 is 0 Å². The molecule has 6 nitrogen and oxygen atoms in total. The molecule has 0 aliphatic carbocycles. The van der Waals surface area contributed by atoms with Gasteiger partial charge < -0.3 is 9.88 Å². The number of rotatable bonds is 10. The van der Waals surface area contributed by atoms with E-state index in [0.29, 0.717) is 12.1 Å². The first kappa shape index (κ1) is 22.2. The largest absolute Gasteiger partial charge is 0.368 e. The van der Waals surface area contributed by atoms with Gasteiger partial charge in [-0.05, 0) is 41.0 Å². The van der Waals surface area contributed by atoms with Crippen molar-refractivity contribution in [2.45, 2.75) is 73.0 Å². The molecule has 0 unspecified atom stereocenters. The molecule has 0 saturated heterocycles. The number of benzene rings is 1. The van der Waals surface area contributed by atoms with Crippen molar-refractivity contribution in [1.29, 1.82) is 0 Å². The number of imidazole rings is 1. The van der Waals surface area contributed by atoms with Gasteiger partial charge in [0.1, 0.15) is 11.6 Å². The summed E-state index contributed by atoms with van der Waals surface area (Å²) < 4.78 is 2.27. The smallest absolute Gasteiger partial charge is 0.166 e. The molecule has 0 radical (unpaired) electrons. The Balaban J connectivity index is 2.07. The second-order valence-corrected chi connectivity index (χ2v) is 8.45. The lowest BCUT2D eigenvalue weighted by Gasteiger charge is -2.30. The van der Waals surface area contributed by atoms with Crippen molar-refractivity contribution in [2.75, 3.05) is 18.4 Å². The van der Waals surface area contributed by atoms with Gasteiger partial charge >= 0.3 is 0 Å². The van der Waals surface area contributed by atoms with E-state index in [0.717, 1.165) is 66.7 Å². The van der Waals surface area contributed by atoms with Crippen LogP contribution in [0.1, 0.15) is 53.3 Å². The first-order valence-electron chi connectivity index (χ1n) is 11.2. The van der Waals surface area contributed by atoms with Crippen molar-refractivity contribution >= 4 is 17.0 Å². The number of fused-ring (bicyclic) bond motifs is 1. The van der Waals surface area contributed by atoms with E-state index in [-0.39, 0.29) is 0 Å². The summed E-state index contributed by atoms with van der Waals surface area (Å²) in [5.74, 6) is 2.56. The Bertz CT molecular complexity index is 937. The number of aryl methyl sites for hydroxylation is 1. The zero-order chi connectivity index (χ0) is 21.7. The molecule has 6 heteroatoms. The van der Waals surface area contributed by atoms with Crippen molar-refractivity contribution < 1.29 is 0 Å². The van der Waals surface area contributed by atoms with Crippen LogP contribution in [-0.4, -0.2) is 49.6 Å². The third-order valence-electron chi connectivity index (χ3n) is 5.47. The second-order valence-electron chi connectivity index (χ2n) is 8.45. The lowest BCUT2D eigenvalue weighted by atomic mass is 10.2. The first-order valence-corrected chi connectivity index (χ1v) is 11.2. The van der Waals surface area contributed by atoms with Crippen molar-refractivity contribution in [2.24, 2.45) is 0 Å². The molecule has 0 aliphatic rings. The fraction of sp³-hybridized carbons (Fsp3) is 0.542. The van der Waals surface area contributed by atoms with Crippen LogP contribution in [0.2, 0.25) is 0 Å². The van der Waals surface area contributed by atoms with Gasteiger partial charge in [0, 0.05) is 37.3 Å². The molecule has 1 N–H and O–H groups in total. The minimum Gasteiger partial charge on any atom is -0.368 e. The van der Waals surface area contributed by atoms with Crippen LogP contribution in [0, 0.1) is 6.92 Å². The normalized spacial score (nSPS) is 11.9. The van der Waals surface area contributed by atoms with E-state index in [1.807, 2.05) is 13.0 Å². The maximum Gasteiger partial charge on any atom is 0.166 e. The number of aromatic nitrogens is 4. The van der Waals surface area contributed by atoms with Crippen molar-refractivity contribution in [3.63, 3.8) is 0 Å². The summed E-state index contributed by atoms with van der Waals surface area (Å²) in [7, 11) is 0. The molecule has 0 atom stereocenters. The number of hydrogen-bond donors (Lipinski definition) is 1. The molecule has 0 amide bonds. The lowest BCUT2D eigenvalue weighted by molar-refractivity contribution is 0.169. The third kappa shape index (κ3) is 4.98. The number of unbranched alkanes of at least 4 members (excludes halogenated alkanes) is 1. The van der Waals surface area contributed by atoms with Gasteiger partial charge in [0.2, 0.25) is 0 Å². The molecule has 0 bridgehead atoms. The standard InChI is InChI=1S/C24H36N6/c1-7-8-14-25-22-21-24(27-19(6)26-22)30(16-15-29(17(2)3)18(4)5)23(28-21)20-12-10-9-11-13-20/h9-13,17-18H,7-8,14-16H2,1-6H3,(H,25,26,27). The van der Waals surface area contributed by atoms with Crippen LogP contribution in [0.25, 0.3) is 22.6 Å². The van der Waals surface area contributed by atoms with Crippen molar-refractivity contribution in [1.82, 2.24) is 24.4 Å². The van der Waals surface area contributed by atoms with E-state index in [4.69, 9.17) is 9.97 Å². The summed E-state index contributed by atoms with van der Waals surface area (Å²) in [4.78, 5) is 17.0. The molecule has 30 heavy (non-hydrogen) atoms. The molecular formula is C24H36N6. The number of anilines is 1. The molecule has 0 fully saturated rings. The minimum absolute atomic E-state index is 0.489. The topological polar surface area (TPSA) is 58.9 Å². The van der Waals surface area contributed by atoms with E-state index in [2.05, 4.69) is 78.7 Å². The maximum atomic E-state index is 5.03. The Hall–Kier alpha value is -2.47. The first-order chi connectivity index (χ1) is 14.4. The average molecular weight is 409 g/mol. The summed E-state index contributed by atoms with van der Waals surface area (Å²) in [6, 6.07) is 11.4. The van der Waals surface area contributed by atoms with Gasteiger partial charge in [0.05, 0.1) is 0 Å². The second kappa shape index (κ2) is 10.0. The Morgan fingerprint density at radius 2 is 1.70 bits per heavy atom. The Kier molecular flexibility index (Phi) is 7.43. The lowest BCUT2D eigenvalue weighted by Crippen LogP contribution is -2.39.